The number of hydrogen-bond acceptors (Lipinski definition) is 3. The van der Waals surface area contributed by atoms with Gasteiger partial charge < -0.3 is 9.80 Å². The first-order valence-electron chi connectivity index (χ1n) is 8.68. The molecular formula is C20H22N4O. The molecule has 1 fully saturated rings. The Bertz CT molecular complexity index is 889. The molecule has 0 saturated carbocycles. The zero-order valence-corrected chi connectivity index (χ0v) is 14.6. The number of carbonyl (C=O) groups is 1. The fourth-order valence-electron chi connectivity index (χ4n) is 3.43. The van der Waals surface area contributed by atoms with Crippen molar-refractivity contribution in [2.24, 2.45) is 0 Å². The minimum atomic E-state index is 0.0179. The highest BCUT2D eigenvalue weighted by Gasteiger charge is 2.24. The van der Waals surface area contributed by atoms with Gasteiger partial charge in [-0.1, -0.05) is 18.2 Å². The predicted octanol–water partition coefficient (Wildman–Crippen LogP) is 2.91. The molecule has 2 aromatic heterocycles. The normalized spacial score (nSPS) is 15.0. The Morgan fingerprint density at radius 1 is 1.00 bits per heavy atom. The van der Waals surface area contributed by atoms with E-state index in [-0.39, 0.29) is 5.91 Å². The number of rotatable bonds is 2. The van der Waals surface area contributed by atoms with Crippen LogP contribution in [-0.2, 0) is 0 Å². The third-order valence-corrected chi connectivity index (χ3v) is 5.07. The summed E-state index contributed by atoms with van der Waals surface area (Å²) in [6.07, 6.45) is 1.87. The van der Waals surface area contributed by atoms with Crippen LogP contribution in [0.25, 0.3) is 5.52 Å². The molecule has 0 radical (unpaired) electrons. The molecule has 0 N–H and O–H groups in total. The Balaban J connectivity index is 1.48. The molecule has 1 amide bonds. The number of pyridine rings is 1. The highest BCUT2D eigenvalue weighted by molar-refractivity contribution is 5.93. The molecule has 0 spiro atoms. The van der Waals surface area contributed by atoms with E-state index in [2.05, 4.69) is 42.0 Å². The van der Waals surface area contributed by atoms with Crippen molar-refractivity contribution in [3.63, 3.8) is 0 Å². The summed E-state index contributed by atoms with van der Waals surface area (Å²) in [6, 6.07) is 14.1. The number of anilines is 1. The van der Waals surface area contributed by atoms with Crippen LogP contribution in [0.1, 0.15) is 21.6 Å². The molecule has 0 aliphatic carbocycles. The van der Waals surface area contributed by atoms with Crippen LogP contribution in [0.3, 0.4) is 0 Å². The molecule has 25 heavy (non-hydrogen) atoms. The molecule has 0 atom stereocenters. The summed E-state index contributed by atoms with van der Waals surface area (Å²) in [5, 5.41) is 4.40. The molecule has 5 heteroatoms. The highest BCUT2D eigenvalue weighted by Crippen LogP contribution is 2.24. The fraction of sp³-hybridized carbons (Fsp3) is 0.300. The average molecular weight is 334 g/mol. The van der Waals surface area contributed by atoms with Crippen LogP contribution < -0.4 is 4.90 Å². The van der Waals surface area contributed by atoms with Crippen molar-refractivity contribution in [3.8, 4) is 0 Å². The average Bonchev–Trinajstić information content (AvgIpc) is 3.08. The molecule has 1 saturated heterocycles. The van der Waals surface area contributed by atoms with E-state index >= 15 is 0 Å². The van der Waals surface area contributed by atoms with Crippen LogP contribution in [-0.4, -0.2) is 46.6 Å². The molecule has 4 rings (SSSR count). The summed E-state index contributed by atoms with van der Waals surface area (Å²) >= 11 is 0. The van der Waals surface area contributed by atoms with Crippen LogP contribution in [0, 0.1) is 13.8 Å². The lowest BCUT2D eigenvalue weighted by Crippen LogP contribution is -2.49. The van der Waals surface area contributed by atoms with E-state index in [9.17, 15) is 4.79 Å². The quantitative estimate of drug-likeness (QED) is 0.723. The van der Waals surface area contributed by atoms with E-state index in [4.69, 9.17) is 0 Å². The minimum absolute atomic E-state index is 0.0179. The Kier molecular flexibility index (Phi) is 3.92. The molecule has 3 aromatic rings. The van der Waals surface area contributed by atoms with Crippen molar-refractivity contribution in [2.75, 3.05) is 31.1 Å². The number of hydrogen-bond donors (Lipinski definition) is 0. The third-order valence-electron chi connectivity index (χ3n) is 5.07. The lowest BCUT2D eigenvalue weighted by Gasteiger charge is -2.36. The van der Waals surface area contributed by atoms with Crippen molar-refractivity contribution >= 4 is 17.1 Å². The minimum Gasteiger partial charge on any atom is -0.368 e. The van der Waals surface area contributed by atoms with E-state index in [0.717, 1.165) is 31.7 Å². The second kappa shape index (κ2) is 6.24. The van der Waals surface area contributed by atoms with Crippen molar-refractivity contribution in [1.29, 1.82) is 0 Å². The molecule has 0 bridgehead atoms. The number of carbonyl (C=O) groups excluding carboxylic acids is 1. The number of amides is 1. The number of aromatic nitrogens is 2. The van der Waals surface area contributed by atoms with Gasteiger partial charge in [0.25, 0.3) is 5.91 Å². The number of nitrogens with zero attached hydrogens (tertiary/aromatic N) is 4. The number of fused-ring (bicyclic) bond motifs is 1. The van der Waals surface area contributed by atoms with E-state index in [1.165, 1.54) is 16.8 Å². The lowest BCUT2D eigenvalue weighted by molar-refractivity contribution is 0.0740. The fourth-order valence-corrected chi connectivity index (χ4v) is 3.43. The Morgan fingerprint density at radius 3 is 2.56 bits per heavy atom. The summed E-state index contributed by atoms with van der Waals surface area (Å²) in [6.45, 7) is 7.45. The smallest absolute Gasteiger partial charge is 0.274 e. The predicted molar refractivity (Wildman–Crippen MR) is 99.2 cm³/mol. The number of piperazine rings is 1. The first-order chi connectivity index (χ1) is 12.1. The maximum Gasteiger partial charge on any atom is 0.274 e. The van der Waals surface area contributed by atoms with Gasteiger partial charge in [0.2, 0.25) is 0 Å². The van der Waals surface area contributed by atoms with Gasteiger partial charge in [-0.2, -0.15) is 5.10 Å². The monoisotopic (exact) mass is 334 g/mol. The zero-order valence-electron chi connectivity index (χ0n) is 14.6. The summed E-state index contributed by atoms with van der Waals surface area (Å²) in [4.78, 5) is 17.0. The molecule has 1 aromatic carbocycles. The number of benzene rings is 1. The van der Waals surface area contributed by atoms with Gasteiger partial charge in [-0.3, -0.25) is 4.79 Å². The Labute approximate surface area is 147 Å². The first-order valence-corrected chi connectivity index (χ1v) is 8.68. The summed E-state index contributed by atoms with van der Waals surface area (Å²) in [7, 11) is 0. The number of aryl methyl sites for hydroxylation is 1. The molecule has 1 aliphatic rings. The van der Waals surface area contributed by atoms with Gasteiger partial charge in [0, 0.05) is 38.1 Å². The van der Waals surface area contributed by atoms with Gasteiger partial charge in [0.15, 0.2) is 5.69 Å². The van der Waals surface area contributed by atoms with Crippen molar-refractivity contribution < 1.29 is 4.79 Å². The van der Waals surface area contributed by atoms with Crippen LogP contribution in [0.15, 0.2) is 48.7 Å². The standard InChI is InChI=1S/C20H22N4O/c1-15-6-5-8-19(16(15)2)22-10-12-23(13-11-22)20(25)18-14-17-7-3-4-9-24(17)21-18/h3-9,14H,10-13H2,1-2H3. The van der Waals surface area contributed by atoms with Crippen molar-refractivity contribution in [2.45, 2.75) is 13.8 Å². The molecule has 3 heterocycles. The summed E-state index contributed by atoms with van der Waals surface area (Å²) in [5.41, 5.74) is 5.37. The summed E-state index contributed by atoms with van der Waals surface area (Å²) < 4.78 is 1.75. The zero-order chi connectivity index (χ0) is 17.4. The van der Waals surface area contributed by atoms with Gasteiger partial charge in [0.05, 0.1) is 5.52 Å². The van der Waals surface area contributed by atoms with E-state index in [0.29, 0.717) is 5.69 Å². The van der Waals surface area contributed by atoms with Crippen LogP contribution >= 0.6 is 0 Å². The van der Waals surface area contributed by atoms with Crippen LogP contribution in [0.2, 0.25) is 0 Å². The highest BCUT2D eigenvalue weighted by atomic mass is 16.2. The second-order valence-electron chi connectivity index (χ2n) is 6.60. The maximum atomic E-state index is 12.8. The van der Waals surface area contributed by atoms with Crippen LogP contribution in [0.5, 0.6) is 0 Å². The van der Waals surface area contributed by atoms with E-state index in [1.54, 1.807) is 4.52 Å². The topological polar surface area (TPSA) is 40.9 Å². The SMILES string of the molecule is Cc1cccc(N2CCN(C(=O)c3cc4ccccn4n3)CC2)c1C. The summed E-state index contributed by atoms with van der Waals surface area (Å²) in [5.74, 6) is 0.0179. The van der Waals surface area contributed by atoms with E-state index in [1.807, 2.05) is 35.4 Å². The first kappa shape index (κ1) is 15.7. The van der Waals surface area contributed by atoms with Gasteiger partial charge >= 0.3 is 0 Å². The van der Waals surface area contributed by atoms with Crippen LogP contribution in [0.4, 0.5) is 5.69 Å². The molecule has 5 nitrogen and oxygen atoms in total. The van der Waals surface area contributed by atoms with Gasteiger partial charge in [-0.25, -0.2) is 4.52 Å². The lowest BCUT2D eigenvalue weighted by atomic mass is 10.1. The van der Waals surface area contributed by atoms with Gasteiger partial charge in [0.1, 0.15) is 0 Å². The van der Waals surface area contributed by atoms with Gasteiger partial charge in [-0.05, 0) is 49.2 Å². The Hall–Kier alpha value is -2.82. The largest absolute Gasteiger partial charge is 0.368 e. The van der Waals surface area contributed by atoms with Gasteiger partial charge in [-0.15, -0.1) is 0 Å². The maximum absolute atomic E-state index is 12.8. The molecule has 1 aliphatic heterocycles. The molecular weight excluding hydrogens is 312 g/mol. The van der Waals surface area contributed by atoms with Crippen molar-refractivity contribution in [3.05, 3.63) is 65.5 Å². The Morgan fingerprint density at radius 2 is 1.80 bits per heavy atom. The third kappa shape index (κ3) is 2.86. The van der Waals surface area contributed by atoms with Crippen molar-refractivity contribution in [1.82, 2.24) is 14.5 Å². The molecule has 128 valence electrons. The van der Waals surface area contributed by atoms with E-state index < -0.39 is 0 Å². The molecule has 0 unspecified atom stereocenters. The second-order valence-corrected chi connectivity index (χ2v) is 6.60.